The van der Waals surface area contributed by atoms with Crippen molar-refractivity contribution in [3.63, 3.8) is 0 Å². The Kier molecular flexibility index (Phi) is 3.86. The van der Waals surface area contributed by atoms with Crippen LogP contribution in [0.25, 0.3) is 0 Å². The average molecular weight is 240 g/mol. The Labute approximate surface area is 99.8 Å². The molecule has 88 valence electrons. The lowest BCUT2D eigenvalue weighted by atomic mass is 9.85. The normalized spacial score (nSPS) is 11.2. The van der Waals surface area contributed by atoms with Crippen LogP contribution in [-0.2, 0) is 10.2 Å². The van der Waals surface area contributed by atoms with Gasteiger partial charge in [0.2, 0.25) is 0 Å². The van der Waals surface area contributed by atoms with Crippen LogP contribution in [0.5, 0.6) is 5.75 Å². The number of hydrogen-bond donors (Lipinski definition) is 1. The van der Waals surface area contributed by atoms with Gasteiger partial charge in [-0.3, -0.25) is 4.79 Å². The van der Waals surface area contributed by atoms with Crippen molar-refractivity contribution in [3.8, 4) is 5.75 Å². The predicted molar refractivity (Wildman–Crippen MR) is 65.4 cm³/mol. The van der Waals surface area contributed by atoms with Gasteiger partial charge in [0.05, 0.1) is 12.5 Å². The topological polar surface area (TPSA) is 46.5 Å². The molecule has 4 heteroatoms. The Morgan fingerprint density at radius 1 is 1.38 bits per heavy atom. The van der Waals surface area contributed by atoms with E-state index in [-0.39, 0.29) is 0 Å². The van der Waals surface area contributed by atoms with Crippen LogP contribution in [0.3, 0.4) is 0 Å². The summed E-state index contributed by atoms with van der Waals surface area (Å²) in [6.45, 7) is 3.38. The zero-order chi connectivity index (χ0) is 12.3. The molecule has 1 aromatic rings. The summed E-state index contributed by atoms with van der Waals surface area (Å²) in [6.07, 6.45) is 1.95. The Hall–Kier alpha value is -1.16. The minimum atomic E-state index is -0.904. The highest BCUT2D eigenvalue weighted by Crippen LogP contribution is 2.31. The molecule has 0 radical (unpaired) electrons. The first kappa shape index (κ1) is 12.9. The fraction of sp³-hybridized carbons (Fsp3) is 0.417. The number of rotatable bonds is 4. The molecule has 16 heavy (non-hydrogen) atoms. The molecule has 1 N–H and O–H groups in total. The van der Waals surface area contributed by atoms with Crippen LogP contribution in [0, 0.1) is 0 Å². The van der Waals surface area contributed by atoms with Gasteiger partial charge in [-0.25, -0.2) is 0 Å². The van der Waals surface area contributed by atoms with Gasteiger partial charge in [0.1, 0.15) is 5.75 Å². The number of thioether (sulfide) groups is 1. The number of aliphatic carboxylic acids is 1. The molecule has 0 saturated carbocycles. The first-order valence-electron chi connectivity index (χ1n) is 4.88. The van der Waals surface area contributed by atoms with E-state index in [1.165, 1.54) is 0 Å². The summed E-state index contributed by atoms with van der Waals surface area (Å²) in [7, 11) is 1.58. The lowest BCUT2D eigenvalue weighted by molar-refractivity contribution is -0.142. The van der Waals surface area contributed by atoms with E-state index in [0.29, 0.717) is 5.75 Å². The number of methoxy groups -OCH3 is 1. The summed E-state index contributed by atoms with van der Waals surface area (Å²) < 4.78 is 5.17. The first-order chi connectivity index (χ1) is 7.41. The van der Waals surface area contributed by atoms with E-state index in [4.69, 9.17) is 4.74 Å². The van der Waals surface area contributed by atoms with Gasteiger partial charge in [-0.1, -0.05) is 0 Å². The summed E-state index contributed by atoms with van der Waals surface area (Å²) in [5.41, 5.74) is -0.150. The molecule has 0 heterocycles. The highest BCUT2D eigenvalue weighted by atomic mass is 32.2. The van der Waals surface area contributed by atoms with Crippen molar-refractivity contribution in [1.82, 2.24) is 0 Å². The van der Waals surface area contributed by atoms with Crippen molar-refractivity contribution < 1.29 is 14.6 Å². The second-order valence-electron chi connectivity index (χ2n) is 4.03. The second-order valence-corrected chi connectivity index (χ2v) is 4.91. The van der Waals surface area contributed by atoms with E-state index >= 15 is 0 Å². The first-order valence-corrected chi connectivity index (χ1v) is 6.11. The lowest BCUT2D eigenvalue weighted by Crippen LogP contribution is -2.28. The number of carbonyl (C=O) groups is 1. The van der Waals surface area contributed by atoms with Crippen LogP contribution in [0.15, 0.2) is 23.1 Å². The fourth-order valence-electron chi connectivity index (χ4n) is 1.29. The van der Waals surface area contributed by atoms with E-state index in [9.17, 15) is 9.90 Å². The maximum Gasteiger partial charge on any atom is 0.313 e. The maximum atomic E-state index is 11.2. The van der Waals surface area contributed by atoms with E-state index in [0.717, 1.165) is 10.5 Å². The highest BCUT2D eigenvalue weighted by molar-refractivity contribution is 7.98. The Morgan fingerprint density at radius 3 is 2.44 bits per heavy atom. The van der Waals surface area contributed by atoms with E-state index in [2.05, 4.69) is 0 Å². The third kappa shape index (κ3) is 2.50. The number of ether oxygens (including phenoxy) is 1. The number of benzene rings is 1. The zero-order valence-electron chi connectivity index (χ0n) is 9.90. The quantitative estimate of drug-likeness (QED) is 0.822. The molecule has 0 bridgehead atoms. The molecule has 0 aliphatic carbocycles. The molecule has 0 saturated heterocycles. The van der Waals surface area contributed by atoms with Crippen molar-refractivity contribution in [1.29, 1.82) is 0 Å². The molecule has 1 aromatic carbocycles. The summed E-state index contributed by atoms with van der Waals surface area (Å²) in [4.78, 5) is 12.2. The third-order valence-electron chi connectivity index (χ3n) is 2.61. The van der Waals surface area contributed by atoms with Crippen molar-refractivity contribution in [3.05, 3.63) is 23.8 Å². The van der Waals surface area contributed by atoms with Gasteiger partial charge in [-0.2, -0.15) is 0 Å². The third-order valence-corrected chi connectivity index (χ3v) is 3.31. The Morgan fingerprint density at radius 2 is 2.00 bits per heavy atom. The van der Waals surface area contributed by atoms with Crippen molar-refractivity contribution in [2.24, 2.45) is 0 Å². The number of hydrogen-bond acceptors (Lipinski definition) is 3. The smallest absolute Gasteiger partial charge is 0.313 e. The van der Waals surface area contributed by atoms with Gasteiger partial charge >= 0.3 is 5.97 Å². The van der Waals surface area contributed by atoms with Gasteiger partial charge < -0.3 is 9.84 Å². The predicted octanol–water partition coefficient (Wildman–Crippen LogP) is 2.78. The Bertz CT molecular complexity index is 377. The minimum Gasteiger partial charge on any atom is -0.497 e. The molecule has 0 amide bonds. The summed E-state index contributed by atoms with van der Waals surface area (Å²) in [5, 5.41) is 9.17. The maximum absolute atomic E-state index is 11.2. The van der Waals surface area contributed by atoms with Crippen LogP contribution in [0.1, 0.15) is 19.4 Å². The molecular formula is C12H16O3S. The fourth-order valence-corrected chi connectivity index (χ4v) is 1.77. The van der Waals surface area contributed by atoms with Crippen molar-refractivity contribution >= 4 is 17.7 Å². The van der Waals surface area contributed by atoms with Crippen LogP contribution in [0.2, 0.25) is 0 Å². The molecule has 0 fully saturated rings. The van der Waals surface area contributed by atoms with E-state index < -0.39 is 11.4 Å². The monoisotopic (exact) mass is 240 g/mol. The van der Waals surface area contributed by atoms with Crippen molar-refractivity contribution in [2.45, 2.75) is 24.2 Å². The molecule has 0 atom stereocenters. The highest BCUT2D eigenvalue weighted by Gasteiger charge is 2.30. The minimum absolute atomic E-state index is 0.691. The van der Waals surface area contributed by atoms with Gasteiger partial charge in [0.25, 0.3) is 0 Å². The van der Waals surface area contributed by atoms with Crippen LogP contribution >= 0.6 is 11.8 Å². The van der Waals surface area contributed by atoms with E-state index in [1.54, 1.807) is 38.8 Å². The molecule has 3 nitrogen and oxygen atoms in total. The molecule has 1 rings (SSSR count). The molecule has 0 spiro atoms. The number of carboxylic acids is 1. The lowest BCUT2D eigenvalue weighted by Gasteiger charge is -2.21. The van der Waals surface area contributed by atoms with Gasteiger partial charge in [-0.05, 0) is 43.9 Å². The van der Waals surface area contributed by atoms with Crippen LogP contribution in [-0.4, -0.2) is 24.4 Å². The zero-order valence-corrected chi connectivity index (χ0v) is 10.7. The van der Waals surface area contributed by atoms with Gasteiger partial charge in [-0.15, -0.1) is 11.8 Å². The SMILES string of the molecule is COc1cc(SC)cc(C(C)(C)C(=O)O)c1. The summed E-state index contributed by atoms with van der Waals surface area (Å²) in [6, 6.07) is 5.56. The van der Waals surface area contributed by atoms with Gasteiger partial charge in [0, 0.05) is 4.90 Å². The second kappa shape index (κ2) is 4.78. The average Bonchev–Trinajstić information content (AvgIpc) is 2.27. The summed E-state index contributed by atoms with van der Waals surface area (Å²) >= 11 is 1.57. The molecule has 0 aliphatic heterocycles. The number of carboxylic acid groups (broad SMARTS) is 1. The molecule has 0 aromatic heterocycles. The molecular weight excluding hydrogens is 224 g/mol. The largest absolute Gasteiger partial charge is 0.497 e. The van der Waals surface area contributed by atoms with E-state index in [1.807, 2.05) is 18.4 Å². The molecule has 0 unspecified atom stereocenters. The molecule has 0 aliphatic rings. The van der Waals surface area contributed by atoms with Crippen molar-refractivity contribution in [2.75, 3.05) is 13.4 Å². The summed E-state index contributed by atoms with van der Waals surface area (Å²) in [5.74, 6) is -0.149. The van der Waals surface area contributed by atoms with Crippen LogP contribution < -0.4 is 4.74 Å². The van der Waals surface area contributed by atoms with Gasteiger partial charge in [0.15, 0.2) is 0 Å². The standard InChI is InChI=1S/C12H16O3S/c1-12(2,11(13)14)8-5-9(15-3)7-10(6-8)16-4/h5-7H,1-4H3,(H,13,14). The Balaban J connectivity index is 3.27. The van der Waals surface area contributed by atoms with Crippen LogP contribution in [0.4, 0.5) is 0 Å².